The second-order valence-electron chi connectivity index (χ2n) is 4.67. The summed E-state index contributed by atoms with van der Waals surface area (Å²) in [6, 6.07) is 0. The molecule has 1 aliphatic carbocycles. The highest BCUT2D eigenvalue weighted by Crippen LogP contribution is 2.68. The van der Waals surface area contributed by atoms with Crippen LogP contribution in [0.15, 0.2) is 0 Å². The maximum Gasteiger partial charge on any atom is 0.159 e. The van der Waals surface area contributed by atoms with Gasteiger partial charge in [0.2, 0.25) is 0 Å². The molecule has 2 aliphatic rings. The molecule has 2 fully saturated rings. The third-order valence-electron chi connectivity index (χ3n) is 3.19. The molecule has 2 rings (SSSR count). The number of alkyl halides is 2. The smallest absolute Gasteiger partial charge is 0.159 e. The summed E-state index contributed by atoms with van der Waals surface area (Å²) in [5.74, 6) is 0. The van der Waals surface area contributed by atoms with Crippen LogP contribution < -0.4 is 0 Å². The predicted octanol–water partition coefficient (Wildman–Crippen LogP) is 3.25. The Morgan fingerprint density at radius 1 is 1.29 bits per heavy atom. The summed E-state index contributed by atoms with van der Waals surface area (Å²) in [6.45, 7) is 6.09. The fourth-order valence-corrected chi connectivity index (χ4v) is 3.14. The fourth-order valence-electron chi connectivity index (χ4n) is 2.22. The molecule has 2 unspecified atom stereocenters. The molecule has 82 valence electrons. The summed E-state index contributed by atoms with van der Waals surface area (Å²) in [5.41, 5.74) is -0.862. The number of hydrogen-bond acceptors (Lipinski definition) is 2. The molecule has 0 N–H and O–H groups in total. The molecule has 0 aromatic carbocycles. The topological polar surface area (TPSA) is 18.5 Å². The van der Waals surface area contributed by atoms with E-state index in [-0.39, 0.29) is 11.9 Å². The Morgan fingerprint density at radius 2 is 1.86 bits per heavy atom. The van der Waals surface area contributed by atoms with Gasteiger partial charge >= 0.3 is 0 Å². The molecular weight excluding hydrogens is 223 g/mol. The van der Waals surface area contributed by atoms with Crippen molar-refractivity contribution < 1.29 is 9.47 Å². The average Bonchev–Trinajstić information content (AvgIpc) is 2.44. The van der Waals surface area contributed by atoms with Crippen LogP contribution in [-0.2, 0) is 9.47 Å². The first-order chi connectivity index (χ1) is 6.35. The van der Waals surface area contributed by atoms with Gasteiger partial charge in [-0.05, 0) is 20.3 Å². The summed E-state index contributed by atoms with van der Waals surface area (Å²) >= 11 is 12.2. The maximum atomic E-state index is 6.11. The standard InChI is InChI=1S/C10H16Cl2O2/c1-4-5-7-13-8(2,3)9(14-7)6-10(9,11)12/h7H,4-6H2,1-3H3. The first-order valence-electron chi connectivity index (χ1n) is 5.08. The van der Waals surface area contributed by atoms with E-state index >= 15 is 0 Å². The van der Waals surface area contributed by atoms with E-state index in [9.17, 15) is 0 Å². The predicted molar refractivity (Wildman–Crippen MR) is 56.7 cm³/mol. The zero-order valence-electron chi connectivity index (χ0n) is 8.77. The molecule has 0 bridgehead atoms. The molecule has 0 aromatic rings. The van der Waals surface area contributed by atoms with Crippen LogP contribution in [0.25, 0.3) is 0 Å². The summed E-state index contributed by atoms with van der Waals surface area (Å²) < 4.78 is 10.9. The molecule has 2 nitrogen and oxygen atoms in total. The Labute approximate surface area is 94.8 Å². The van der Waals surface area contributed by atoms with E-state index in [1.165, 1.54) is 0 Å². The van der Waals surface area contributed by atoms with Crippen LogP contribution in [-0.4, -0.2) is 21.8 Å². The number of hydrogen-bond donors (Lipinski definition) is 0. The first kappa shape index (κ1) is 11.0. The largest absolute Gasteiger partial charge is 0.344 e. The van der Waals surface area contributed by atoms with Crippen LogP contribution in [0.2, 0.25) is 0 Å². The highest BCUT2D eigenvalue weighted by atomic mass is 35.5. The second kappa shape index (κ2) is 3.00. The molecule has 4 heteroatoms. The molecule has 1 heterocycles. The van der Waals surface area contributed by atoms with E-state index in [2.05, 4.69) is 6.92 Å². The normalized spacial score (nSPS) is 43.1. The number of ether oxygens (including phenoxy) is 2. The minimum absolute atomic E-state index is 0.144. The Bertz CT molecular complexity index is 253. The van der Waals surface area contributed by atoms with Gasteiger partial charge in [-0.3, -0.25) is 0 Å². The van der Waals surface area contributed by atoms with Gasteiger partial charge in [0, 0.05) is 6.42 Å². The van der Waals surface area contributed by atoms with Crippen molar-refractivity contribution >= 4 is 23.2 Å². The molecule has 0 radical (unpaired) electrons. The zero-order valence-corrected chi connectivity index (χ0v) is 10.3. The van der Waals surface area contributed by atoms with E-state index in [0.717, 1.165) is 12.8 Å². The SMILES string of the molecule is CCCC1OC(C)(C)C2(CC2(Cl)Cl)O1. The minimum atomic E-state index is -0.765. The summed E-state index contributed by atoms with van der Waals surface area (Å²) in [4.78, 5) is 0. The van der Waals surface area contributed by atoms with Gasteiger partial charge in [0.15, 0.2) is 10.6 Å². The summed E-state index contributed by atoms with van der Waals surface area (Å²) in [5, 5.41) is 0. The third-order valence-corrected chi connectivity index (χ3v) is 4.07. The quantitative estimate of drug-likeness (QED) is 0.688. The van der Waals surface area contributed by atoms with Gasteiger partial charge in [0.05, 0.1) is 5.60 Å². The van der Waals surface area contributed by atoms with Crippen molar-refractivity contribution in [3.05, 3.63) is 0 Å². The summed E-state index contributed by atoms with van der Waals surface area (Å²) in [7, 11) is 0. The number of rotatable bonds is 2. The zero-order chi connectivity index (χ0) is 10.6. The molecule has 14 heavy (non-hydrogen) atoms. The molecule has 1 spiro atoms. The van der Waals surface area contributed by atoms with Gasteiger partial charge in [0.1, 0.15) is 5.60 Å². The van der Waals surface area contributed by atoms with Gasteiger partial charge in [-0.2, -0.15) is 0 Å². The van der Waals surface area contributed by atoms with Crippen molar-refractivity contribution in [3.8, 4) is 0 Å². The monoisotopic (exact) mass is 238 g/mol. The van der Waals surface area contributed by atoms with E-state index in [4.69, 9.17) is 32.7 Å². The average molecular weight is 239 g/mol. The number of halogens is 2. The van der Waals surface area contributed by atoms with Crippen molar-refractivity contribution in [2.45, 2.75) is 61.9 Å². The van der Waals surface area contributed by atoms with Crippen LogP contribution in [0.4, 0.5) is 0 Å². The lowest BCUT2D eigenvalue weighted by molar-refractivity contribution is -0.0860. The Morgan fingerprint density at radius 3 is 2.21 bits per heavy atom. The highest BCUT2D eigenvalue weighted by molar-refractivity contribution is 6.52. The molecule has 1 saturated carbocycles. The lowest BCUT2D eigenvalue weighted by atomic mass is 10.00. The molecular formula is C10H16Cl2O2. The molecule has 1 aliphatic heterocycles. The Balaban J connectivity index is 2.14. The van der Waals surface area contributed by atoms with Gasteiger partial charge in [-0.15, -0.1) is 0 Å². The fraction of sp³-hybridized carbons (Fsp3) is 1.00. The highest BCUT2D eigenvalue weighted by Gasteiger charge is 2.79. The van der Waals surface area contributed by atoms with Crippen molar-refractivity contribution in [3.63, 3.8) is 0 Å². The van der Waals surface area contributed by atoms with Crippen molar-refractivity contribution in [1.29, 1.82) is 0 Å². The summed E-state index contributed by atoms with van der Waals surface area (Å²) in [6.07, 6.45) is 2.45. The Kier molecular flexibility index (Phi) is 2.36. The van der Waals surface area contributed by atoms with Crippen molar-refractivity contribution in [2.75, 3.05) is 0 Å². The van der Waals surface area contributed by atoms with E-state index in [1.54, 1.807) is 0 Å². The van der Waals surface area contributed by atoms with Crippen molar-refractivity contribution in [1.82, 2.24) is 0 Å². The maximum absolute atomic E-state index is 6.11. The van der Waals surface area contributed by atoms with Crippen LogP contribution in [0, 0.1) is 0 Å². The molecule has 0 aromatic heterocycles. The van der Waals surface area contributed by atoms with E-state index < -0.39 is 9.93 Å². The Hall–Kier alpha value is 0.500. The molecule has 0 amide bonds. The van der Waals surface area contributed by atoms with Crippen LogP contribution in [0.3, 0.4) is 0 Å². The van der Waals surface area contributed by atoms with Crippen molar-refractivity contribution in [2.24, 2.45) is 0 Å². The van der Waals surface area contributed by atoms with Crippen LogP contribution in [0.1, 0.15) is 40.0 Å². The van der Waals surface area contributed by atoms with Gasteiger partial charge in [-0.1, -0.05) is 36.5 Å². The van der Waals surface area contributed by atoms with Gasteiger partial charge < -0.3 is 9.47 Å². The van der Waals surface area contributed by atoms with E-state index in [0.29, 0.717) is 6.42 Å². The first-order valence-corrected chi connectivity index (χ1v) is 5.84. The minimum Gasteiger partial charge on any atom is -0.344 e. The van der Waals surface area contributed by atoms with Crippen LogP contribution in [0.5, 0.6) is 0 Å². The lowest BCUT2D eigenvalue weighted by Gasteiger charge is -2.24. The molecule has 1 saturated heterocycles. The second-order valence-corrected chi connectivity index (χ2v) is 6.16. The lowest BCUT2D eigenvalue weighted by Crippen LogP contribution is -2.39. The third kappa shape index (κ3) is 1.31. The molecule has 2 atom stereocenters. The van der Waals surface area contributed by atoms with Crippen LogP contribution >= 0.6 is 23.2 Å². The van der Waals surface area contributed by atoms with E-state index in [1.807, 2.05) is 13.8 Å². The van der Waals surface area contributed by atoms with Gasteiger partial charge in [-0.25, -0.2) is 0 Å². The van der Waals surface area contributed by atoms with Gasteiger partial charge in [0.25, 0.3) is 0 Å².